The van der Waals surface area contributed by atoms with E-state index in [9.17, 15) is 13.2 Å². The molecule has 0 aliphatic carbocycles. The van der Waals surface area contributed by atoms with Gasteiger partial charge in [0.2, 0.25) is 10.0 Å². The first-order chi connectivity index (χ1) is 15.3. The number of halogens is 1. The number of para-hydroxylation sites is 1. The zero-order chi connectivity index (χ0) is 22.9. The molecule has 7 nitrogen and oxygen atoms in total. The molecule has 0 aromatic heterocycles. The van der Waals surface area contributed by atoms with Crippen LogP contribution in [0.5, 0.6) is 0 Å². The second kappa shape index (κ2) is 9.39. The number of piperazine rings is 1. The van der Waals surface area contributed by atoms with Crippen LogP contribution in [0.3, 0.4) is 0 Å². The Labute approximate surface area is 194 Å². The summed E-state index contributed by atoms with van der Waals surface area (Å²) < 4.78 is 33.5. The van der Waals surface area contributed by atoms with E-state index in [1.54, 1.807) is 23.1 Å². The number of amides is 1. The van der Waals surface area contributed by atoms with E-state index in [1.807, 2.05) is 38.1 Å². The summed E-state index contributed by atoms with van der Waals surface area (Å²) in [4.78, 5) is 17.2. The number of hydrogen-bond donors (Lipinski definition) is 0. The lowest BCUT2D eigenvalue weighted by Crippen LogP contribution is -2.49. The summed E-state index contributed by atoms with van der Waals surface area (Å²) in [5, 5.41) is 0.692. The average Bonchev–Trinajstić information content (AvgIpc) is 2.78. The molecule has 0 bridgehead atoms. The van der Waals surface area contributed by atoms with Gasteiger partial charge in [0.05, 0.1) is 27.8 Å². The quantitative estimate of drug-likeness (QED) is 0.676. The first-order valence-corrected chi connectivity index (χ1v) is 12.6. The first-order valence-electron chi connectivity index (χ1n) is 10.8. The van der Waals surface area contributed by atoms with Gasteiger partial charge >= 0.3 is 0 Å². The molecule has 2 aromatic carbocycles. The number of anilines is 1. The number of ether oxygens (including phenoxy) is 1. The molecule has 9 heteroatoms. The lowest BCUT2D eigenvalue weighted by atomic mass is 10.1. The van der Waals surface area contributed by atoms with E-state index in [2.05, 4.69) is 4.90 Å². The number of carbonyl (C=O) groups excluding carboxylic acids is 1. The largest absolute Gasteiger partial charge is 0.373 e. The van der Waals surface area contributed by atoms with Gasteiger partial charge in [0, 0.05) is 44.8 Å². The molecular formula is C23H28ClN3O4S. The predicted octanol–water partition coefficient (Wildman–Crippen LogP) is 3.10. The van der Waals surface area contributed by atoms with Crippen LogP contribution in [0, 0.1) is 0 Å². The van der Waals surface area contributed by atoms with Crippen molar-refractivity contribution >= 4 is 33.2 Å². The molecule has 172 valence electrons. The number of hydrogen-bond acceptors (Lipinski definition) is 5. The monoisotopic (exact) mass is 477 g/mol. The highest BCUT2D eigenvalue weighted by Gasteiger charge is 2.33. The fourth-order valence-electron chi connectivity index (χ4n) is 4.31. The fourth-order valence-corrected chi connectivity index (χ4v) is 6.20. The summed E-state index contributed by atoms with van der Waals surface area (Å²) in [6.07, 6.45) is -0.347. The molecular weight excluding hydrogens is 450 g/mol. The SMILES string of the molecule is C[C@@H]1CN(S(=O)(=O)c2cccc(C(=O)N3CCN(c4ccccc4Cl)CC3)c2)C[C@@H](C)O1. The highest BCUT2D eigenvalue weighted by Crippen LogP contribution is 2.27. The maximum absolute atomic E-state index is 13.2. The molecule has 2 aliphatic rings. The lowest BCUT2D eigenvalue weighted by Gasteiger charge is -2.36. The van der Waals surface area contributed by atoms with Crippen LogP contribution in [0.25, 0.3) is 0 Å². The Morgan fingerprint density at radius 3 is 2.28 bits per heavy atom. The molecule has 0 radical (unpaired) electrons. The van der Waals surface area contributed by atoms with Gasteiger partial charge < -0.3 is 14.5 Å². The van der Waals surface area contributed by atoms with Gasteiger partial charge in [0.1, 0.15) is 0 Å². The molecule has 2 heterocycles. The Morgan fingerprint density at radius 2 is 1.62 bits per heavy atom. The van der Waals surface area contributed by atoms with Crippen molar-refractivity contribution in [3.05, 3.63) is 59.1 Å². The Hall–Kier alpha value is -2.13. The molecule has 2 atom stereocenters. The van der Waals surface area contributed by atoms with Gasteiger partial charge in [-0.2, -0.15) is 4.31 Å². The summed E-state index contributed by atoms with van der Waals surface area (Å²) in [5.41, 5.74) is 1.34. The third-order valence-electron chi connectivity index (χ3n) is 5.86. The van der Waals surface area contributed by atoms with Gasteiger partial charge in [0.25, 0.3) is 5.91 Å². The molecule has 1 amide bonds. The molecule has 0 unspecified atom stereocenters. The molecule has 2 saturated heterocycles. The minimum atomic E-state index is -3.70. The molecule has 0 spiro atoms. The highest BCUT2D eigenvalue weighted by molar-refractivity contribution is 7.89. The molecule has 2 aromatic rings. The van der Waals surface area contributed by atoms with Crippen LogP contribution in [-0.2, 0) is 14.8 Å². The summed E-state index contributed by atoms with van der Waals surface area (Å²) in [5.74, 6) is -0.162. The van der Waals surface area contributed by atoms with Crippen LogP contribution < -0.4 is 4.90 Å². The van der Waals surface area contributed by atoms with Gasteiger partial charge in [-0.3, -0.25) is 4.79 Å². The maximum atomic E-state index is 13.2. The Kier molecular flexibility index (Phi) is 6.76. The number of benzene rings is 2. The van der Waals surface area contributed by atoms with Crippen LogP contribution in [0.4, 0.5) is 5.69 Å². The topological polar surface area (TPSA) is 70.2 Å². The second-order valence-electron chi connectivity index (χ2n) is 8.34. The normalized spacial score (nSPS) is 22.7. The Balaban J connectivity index is 1.47. The van der Waals surface area contributed by atoms with Crippen molar-refractivity contribution in [3.8, 4) is 0 Å². The van der Waals surface area contributed by atoms with Gasteiger partial charge in [-0.25, -0.2) is 8.42 Å². The second-order valence-corrected chi connectivity index (χ2v) is 10.7. The molecule has 2 fully saturated rings. The van der Waals surface area contributed by atoms with Crippen LogP contribution >= 0.6 is 11.6 Å². The fraction of sp³-hybridized carbons (Fsp3) is 0.435. The third-order valence-corrected chi connectivity index (χ3v) is 8.01. The highest BCUT2D eigenvalue weighted by atomic mass is 35.5. The van der Waals surface area contributed by atoms with E-state index >= 15 is 0 Å². The van der Waals surface area contributed by atoms with Crippen LogP contribution in [0.2, 0.25) is 5.02 Å². The summed E-state index contributed by atoms with van der Waals surface area (Å²) >= 11 is 6.30. The van der Waals surface area contributed by atoms with Crippen molar-refractivity contribution in [2.24, 2.45) is 0 Å². The van der Waals surface area contributed by atoms with Crippen molar-refractivity contribution in [2.45, 2.75) is 31.0 Å². The first kappa shape index (κ1) is 23.0. The summed E-state index contributed by atoms with van der Waals surface area (Å²) in [6, 6.07) is 14.0. The van der Waals surface area contributed by atoms with E-state index in [0.29, 0.717) is 49.9 Å². The van der Waals surface area contributed by atoms with Crippen molar-refractivity contribution in [3.63, 3.8) is 0 Å². The van der Waals surface area contributed by atoms with Crippen LogP contribution in [0.15, 0.2) is 53.4 Å². The van der Waals surface area contributed by atoms with Crippen molar-refractivity contribution < 1.29 is 17.9 Å². The minimum Gasteiger partial charge on any atom is -0.373 e. The standard InChI is InChI=1S/C23H28ClN3O4S/c1-17-15-27(16-18(2)31-17)32(29,30)20-7-5-6-19(14-20)23(28)26-12-10-25(11-13-26)22-9-4-3-8-21(22)24/h3-9,14,17-18H,10-13,15-16H2,1-2H3/t17-,18-/m1/s1. The number of rotatable bonds is 4. The average molecular weight is 478 g/mol. The van der Waals surface area contributed by atoms with Crippen molar-refractivity contribution in [1.82, 2.24) is 9.21 Å². The van der Waals surface area contributed by atoms with Crippen molar-refractivity contribution in [2.75, 3.05) is 44.2 Å². The van der Waals surface area contributed by atoms with Gasteiger partial charge in [-0.15, -0.1) is 0 Å². The summed E-state index contributed by atoms with van der Waals surface area (Å²) in [6.45, 7) is 6.73. The minimum absolute atomic E-state index is 0.138. The molecule has 0 saturated carbocycles. The number of sulfonamides is 1. The van der Waals surface area contributed by atoms with E-state index in [4.69, 9.17) is 16.3 Å². The van der Waals surface area contributed by atoms with Crippen LogP contribution in [-0.4, -0.2) is 75.0 Å². The predicted molar refractivity (Wildman–Crippen MR) is 125 cm³/mol. The van der Waals surface area contributed by atoms with E-state index < -0.39 is 10.0 Å². The smallest absolute Gasteiger partial charge is 0.254 e. The number of nitrogens with zero attached hydrogens (tertiary/aromatic N) is 3. The molecule has 32 heavy (non-hydrogen) atoms. The van der Waals surface area contributed by atoms with E-state index in [0.717, 1.165) is 5.69 Å². The lowest BCUT2D eigenvalue weighted by molar-refractivity contribution is -0.0440. The number of morpholine rings is 1. The van der Waals surface area contributed by atoms with Gasteiger partial charge in [0.15, 0.2) is 0 Å². The van der Waals surface area contributed by atoms with Gasteiger partial charge in [-0.1, -0.05) is 29.8 Å². The summed E-state index contributed by atoms with van der Waals surface area (Å²) in [7, 11) is -3.70. The van der Waals surface area contributed by atoms with Gasteiger partial charge in [-0.05, 0) is 44.2 Å². The zero-order valence-electron chi connectivity index (χ0n) is 18.3. The third kappa shape index (κ3) is 4.78. The maximum Gasteiger partial charge on any atom is 0.254 e. The zero-order valence-corrected chi connectivity index (χ0v) is 19.8. The number of carbonyl (C=O) groups is 1. The molecule has 0 N–H and O–H groups in total. The van der Waals surface area contributed by atoms with E-state index in [1.165, 1.54) is 10.4 Å². The van der Waals surface area contributed by atoms with E-state index in [-0.39, 0.29) is 23.0 Å². The van der Waals surface area contributed by atoms with Crippen LogP contribution in [0.1, 0.15) is 24.2 Å². The molecule has 4 rings (SSSR count). The Morgan fingerprint density at radius 1 is 0.969 bits per heavy atom. The Bertz CT molecular complexity index is 1080. The van der Waals surface area contributed by atoms with Crippen molar-refractivity contribution in [1.29, 1.82) is 0 Å². The molecule has 2 aliphatic heterocycles.